The highest BCUT2D eigenvalue weighted by molar-refractivity contribution is 6.31. The Morgan fingerprint density at radius 2 is 1.64 bits per heavy atom. The molecule has 1 aromatic carbocycles. The van der Waals surface area contributed by atoms with E-state index in [-0.39, 0.29) is 5.82 Å². The van der Waals surface area contributed by atoms with Crippen LogP contribution in [0.5, 0.6) is 0 Å². The predicted molar refractivity (Wildman–Crippen MR) is 59.6 cm³/mol. The molecule has 78 valence electrons. The summed E-state index contributed by atoms with van der Waals surface area (Å²) < 4.78 is 13.1. The van der Waals surface area contributed by atoms with Crippen LogP contribution >= 0.6 is 11.6 Å². The van der Waals surface area contributed by atoms with Gasteiger partial charge >= 0.3 is 0 Å². The van der Waals surface area contributed by atoms with Crippen molar-refractivity contribution >= 4 is 11.6 Å². The maximum atomic E-state index is 13.1. The summed E-state index contributed by atoms with van der Waals surface area (Å²) in [5.41, 5.74) is 2.09. The maximum absolute atomic E-state index is 13.1. The van der Waals surface area contributed by atoms with Gasteiger partial charge in [0.15, 0.2) is 0 Å². The minimum atomic E-state index is -0.247. The van der Waals surface area contributed by atoms with Gasteiger partial charge in [-0.05, 0) is 35.1 Å². The quantitative estimate of drug-likeness (QED) is 0.668. The lowest BCUT2D eigenvalue weighted by Crippen LogP contribution is -2.00. The first kappa shape index (κ1) is 11.5. The number of benzene rings is 1. The van der Waals surface area contributed by atoms with Crippen molar-refractivity contribution in [1.29, 1.82) is 0 Å². The van der Waals surface area contributed by atoms with Crippen molar-refractivity contribution in [3.63, 3.8) is 0 Å². The van der Waals surface area contributed by atoms with Gasteiger partial charge in [0.25, 0.3) is 0 Å². The van der Waals surface area contributed by atoms with Crippen LogP contribution in [0.25, 0.3) is 0 Å². The van der Waals surface area contributed by atoms with E-state index < -0.39 is 0 Å². The van der Waals surface area contributed by atoms with Crippen LogP contribution in [0, 0.1) is 5.82 Å². The Morgan fingerprint density at radius 3 is 2.07 bits per heavy atom. The Hall–Kier alpha value is -0.560. The average molecular weight is 215 g/mol. The zero-order chi connectivity index (χ0) is 10.9. The summed E-state index contributed by atoms with van der Waals surface area (Å²) in [6.07, 6.45) is 0. The molecule has 0 radical (unpaired) electrons. The molecule has 0 heterocycles. The Labute approximate surface area is 90.1 Å². The summed E-state index contributed by atoms with van der Waals surface area (Å²) in [5.74, 6) is 0.393. The number of rotatable bonds is 2. The molecule has 0 nitrogen and oxygen atoms in total. The molecule has 1 rings (SSSR count). The van der Waals surface area contributed by atoms with Crippen LogP contribution in [0.1, 0.15) is 50.7 Å². The van der Waals surface area contributed by atoms with Crippen LogP contribution in [0.3, 0.4) is 0 Å². The van der Waals surface area contributed by atoms with Crippen molar-refractivity contribution in [2.75, 3.05) is 0 Å². The summed E-state index contributed by atoms with van der Waals surface area (Å²) in [6, 6.07) is 2.98. The maximum Gasteiger partial charge on any atom is 0.124 e. The SMILES string of the molecule is CC(C)c1cc(F)cc(Cl)c1C(C)C. The molecule has 0 amide bonds. The van der Waals surface area contributed by atoms with Gasteiger partial charge in [0, 0.05) is 5.02 Å². The van der Waals surface area contributed by atoms with E-state index in [9.17, 15) is 4.39 Å². The molecule has 2 heteroatoms. The second-order valence-corrected chi connectivity index (χ2v) is 4.61. The van der Waals surface area contributed by atoms with E-state index in [0.717, 1.165) is 11.1 Å². The van der Waals surface area contributed by atoms with Crippen LogP contribution in [0.2, 0.25) is 5.02 Å². The predicted octanol–water partition coefficient (Wildman–Crippen LogP) is 4.73. The number of hydrogen-bond donors (Lipinski definition) is 0. The molecule has 0 N–H and O–H groups in total. The smallest absolute Gasteiger partial charge is 0.124 e. The van der Waals surface area contributed by atoms with Crippen molar-refractivity contribution in [3.8, 4) is 0 Å². The van der Waals surface area contributed by atoms with E-state index in [2.05, 4.69) is 27.7 Å². The van der Waals surface area contributed by atoms with Gasteiger partial charge in [-0.1, -0.05) is 39.3 Å². The Balaban J connectivity index is 3.37. The molecule has 0 spiro atoms. The van der Waals surface area contributed by atoms with Crippen LogP contribution in [-0.4, -0.2) is 0 Å². The Bertz CT molecular complexity index is 329. The molecule has 0 aliphatic heterocycles. The molecule has 14 heavy (non-hydrogen) atoms. The van der Waals surface area contributed by atoms with Gasteiger partial charge in [-0.2, -0.15) is 0 Å². The van der Waals surface area contributed by atoms with E-state index in [1.54, 1.807) is 6.07 Å². The first-order valence-corrected chi connectivity index (χ1v) is 5.30. The van der Waals surface area contributed by atoms with Gasteiger partial charge in [0.2, 0.25) is 0 Å². The third-order valence-corrected chi connectivity index (χ3v) is 2.64. The third-order valence-electron chi connectivity index (χ3n) is 2.33. The largest absolute Gasteiger partial charge is 0.207 e. The number of hydrogen-bond acceptors (Lipinski definition) is 0. The highest BCUT2D eigenvalue weighted by atomic mass is 35.5. The van der Waals surface area contributed by atoms with E-state index in [1.807, 2.05) is 0 Å². The lowest BCUT2D eigenvalue weighted by molar-refractivity contribution is 0.620. The molecule has 0 aliphatic carbocycles. The Kier molecular flexibility index (Phi) is 3.54. The van der Waals surface area contributed by atoms with Gasteiger partial charge in [-0.15, -0.1) is 0 Å². The molecule has 0 bridgehead atoms. The zero-order valence-corrected chi connectivity index (χ0v) is 9.82. The lowest BCUT2D eigenvalue weighted by Gasteiger charge is -2.17. The van der Waals surface area contributed by atoms with E-state index in [1.165, 1.54) is 6.07 Å². The van der Waals surface area contributed by atoms with E-state index in [0.29, 0.717) is 16.9 Å². The summed E-state index contributed by atoms with van der Waals surface area (Å²) in [5, 5.41) is 0.545. The second kappa shape index (κ2) is 4.31. The molecule has 1 aromatic rings. The van der Waals surface area contributed by atoms with Crippen molar-refractivity contribution in [2.24, 2.45) is 0 Å². The van der Waals surface area contributed by atoms with Gasteiger partial charge in [0.05, 0.1) is 0 Å². The van der Waals surface area contributed by atoms with Crippen molar-refractivity contribution in [1.82, 2.24) is 0 Å². The lowest BCUT2D eigenvalue weighted by atomic mass is 9.90. The zero-order valence-electron chi connectivity index (χ0n) is 9.07. The van der Waals surface area contributed by atoms with Crippen molar-refractivity contribution in [2.45, 2.75) is 39.5 Å². The van der Waals surface area contributed by atoms with Crippen LogP contribution in [0.4, 0.5) is 4.39 Å². The second-order valence-electron chi connectivity index (χ2n) is 4.20. The summed E-state index contributed by atoms with van der Waals surface area (Å²) in [7, 11) is 0. The van der Waals surface area contributed by atoms with Crippen LogP contribution in [-0.2, 0) is 0 Å². The molecule has 0 aromatic heterocycles. The van der Waals surface area contributed by atoms with Gasteiger partial charge in [-0.25, -0.2) is 4.39 Å². The fourth-order valence-corrected chi connectivity index (χ4v) is 2.12. The molecular formula is C12H16ClF. The topological polar surface area (TPSA) is 0 Å². The van der Waals surface area contributed by atoms with Crippen LogP contribution in [0.15, 0.2) is 12.1 Å². The summed E-state index contributed by atoms with van der Waals surface area (Å²) >= 11 is 6.03. The fourth-order valence-electron chi connectivity index (χ4n) is 1.69. The van der Waals surface area contributed by atoms with Crippen molar-refractivity contribution in [3.05, 3.63) is 34.1 Å². The van der Waals surface area contributed by atoms with Crippen LogP contribution < -0.4 is 0 Å². The minimum absolute atomic E-state index is 0.247. The normalized spacial score (nSPS) is 11.4. The third kappa shape index (κ3) is 2.27. The summed E-state index contributed by atoms with van der Waals surface area (Å²) in [6.45, 7) is 8.25. The van der Waals surface area contributed by atoms with Gasteiger partial charge < -0.3 is 0 Å². The summed E-state index contributed by atoms with van der Waals surface area (Å²) in [4.78, 5) is 0. The number of halogens is 2. The van der Waals surface area contributed by atoms with Crippen molar-refractivity contribution < 1.29 is 4.39 Å². The standard InChI is InChI=1S/C12H16ClF/c1-7(2)10-5-9(14)6-11(13)12(10)8(3)4/h5-8H,1-4H3. The minimum Gasteiger partial charge on any atom is -0.207 e. The van der Waals surface area contributed by atoms with Gasteiger partial charge in [-0.3, -0.25) is 0 Å². The van der Waals surface area contributed by atoms with E-state index >= 15 is 0 Å². The first-order chi connectivity index (χ1) is 6.43. The molecule has 0 unspecified atom stereocenters. The molecule has 0 fully saturated rings. The van der Waals surface area contributed by atoms with E-state index in [4.69, 9.17) is 11.6 Å². The average Bonchev–Trinajstić information content (AvgIpc) is 2.01. The monoisotopic (exact) mass is 214 g/mol. The molecular weight excluding hydrogens is 199 g/mol. The molecule has 0 saturated carbocycles. The molecule has 0 saturated heterocycles. The Morgan fingerprint density at radius 1 is 1.07 bits per heavy atom. The first-order valence-electron chi connectivity index (χ1n) is 4.92. The fraction of sp³-hybridized carbons (Fsp3) is 0.500. The highest BCUT2D eigenvalue weighted by Gasteiger charge is 2.15. The van der Waals surface area contributed by atoms with Gasteiger partial charge in [0.1, 0.15) is 5.82 Å². The highest BCUT2D eigenvalue weighted by Crippen LogP contribution is 2.33. The molecule has 0 atom stereocenters. The molecule has 0 aliphatic rings.